The van der Waals surface area contributed by atoms with E-state index in [2.05, 4.69) is 5.10 Å². The van der Waals surface area contributed by atoms with Gasteiger partial charge in [0.1, 0.15) is 5.82 Å². The molecule has 2 aromatic carbocycles. The molecule has 0 atom stereocenters. The van der Waals surface area contributed by atoms with Gasteiger partial charge in [-0.1, -0.05) is 35.9 Å². The number of benzene rings is 2. The Balaban J connectivity index is 1.96. The maximum Gasteiger partial charge on any atom is 0.307 e. The summed E-state index contributed by atoms with van der Waals surface area (Å²) in [4.78, 5) is 14.1. The quantitative estimate of drug-likeness (QED) is 0.736. The van der Waals surface area contributed by atoms with E-state index in [1.165, 1.54) is 6.07 Å². The third-order valence-electron chi connectivity index (χ3n) is 3.99. The molecule has 0 N–H and O–H groups in total. The number of hydrazone groups is 1. The van der Waals surface area contributed by atoms with Crippen LogP contribution in [0.15, 0.2) is 53.6 Å². The Bertz CT molecular complexity index is 891. The zero-order valence-electron chi connectivity index (χ0n) is 12.0. The number of anilines is 1. The number of fused-ring (bicyclic) bond motifs is 3. The Hall–Kier alpha value is -2.53. The van der Waals surface area contributed by atoms with Gasteiger partial charge in [0.05, 0.1) is 15.7 Å². The zero-order valence-corrected chi connectivity index (χ0v) is 12.8. The molecule has 0 amide bonds. The van der Waals surface area contributed by atoms with Crippen molar-refractivity contribution in [2.75, 3.05) is 11.6 Å². The molecule has 114 valence electrons. The van der Waals surface area contributed by atoms with E-state index in [9.17, 15) is 9.30 Å². The molecule has 2 aromatic rings. The van der Waals surface area contributed by atoms with E-state index in [0.29, 0.717) is 27.7 Å². The Morgan fingerprint density at radius 1 is 1.17 bits per heavy atom. The fourth-order valence-electron chi connectivity index (χ4n) is 2.98. The summed E-state index contributed by atoms with van der Waals surface area (Å²) in [6.45, 7) is 0.127. The Morgan fingerprint density at radius 3 is 2.83 bits per heavy atom. The predicted octanol–water partition coefficient (Wildman–Crippen LogP) is 4.18. The highest BCUT2D eigenvalue weighted by Crippen LogP contribution is 2.38. The standard InChI is InChI=1S/C17H12ClFN3O/c18-11-5-7-16-14(9-11)12(13-3-1-2-4-15(13)19)6-8-17-20-22(23)10-21(16)17/h1-7,9H,8,10H2/q+1. The van der Waals surface area contributed by atoms with Gasteiger partial charge in [-0.15, -0.1) is 0 Å². The van der Waals surface area contributed by atoms with Gasteiger partial charge in [-0.25, -0.2) is 4.39 Å². The SMILES string of the molecule is O=[N+]1CN2C(=N1)CC=C(c1ccccc1F)c1cc(Cl)ccc12. The second kappa shape index (κ2) is 5.28. The summed E-state index contributed by atoms with van der Waals surface area (Å²) in [5.74, 6) is 0.356. The lowest BCUT2D eigenvalue weighted by Gasteiger charge is -2.17. The number of rotatable bonds is 1. The number of hydrogen-bond donors (Lipinski definition) is 0. The highest BCUT2D eigenvalue weighted by atomic mass is 35.5. The molecule has 0 saturated heterocycles. The molecule has 4 nitrogen and oxygen atoms in total. The van der Waals surface area contributed by atoms with Crippen LogP contribution in [0.1, 0.15) is 17.5 Å². The molecule has 0 radical (unpaired) electrons. The van der Waals surface area contributed by atoms with Gasteiger partial charge >= 0.3 is 6.67 Å². The molecule has 0 saturated carbocycles. The molecule has 23 heavy (non-hydrogen) atoms. The molecule has 0 fully saturated rings. The zero-order chi connectivity index (χ0) is 16.0. The van der Waals surface area contributed by atoms with E-state index in [1.807, 2.05) is 17.0 Å². The fourth-order valence-corrected chi connectivity index (χ4v) is 3.15. The molecule has 0 unspecified atom stereocenters. The Kier molecular flexibility index (Phi) is 3.23. The average Bonchev–Trinajstić information content (AvgIpc) is 2.83. The van der Waals surface area contributed by atoms with Gasteiger partial charge in [0.2, 0.25) is 0 Å². The largest absolute Gasteiger partial charge is 0.307 e. The van der Waals surface area contributed by atoms with Gasteiger partial charge < -0.3 is 0 Å². The highest BCUT2D eigenvalue weighted by molar-refractivity contribution is 6.31. The summed E-state index contributed by atoms with van der Waals surface area (Å²) in [5.41, 5.74) is 2.87. The molecule has 2 heterocycles. The predicted molar refractivity (Wildman–Crippen MR) is 88.0 cm³/mol. The normalized spacial score (nSPS) is 16.4. The summed E-state index contributed by atoms with van der Waals surface area (Å²) >= 11 is 6.15. The van der Waals surface area contributed by atoms with Crippen LogP contribution in [-0.2, 0) is 0 Å². The maximum absolute atomic E-state index is 14.3. The topological polar surface area (TPSA) is 35.7 Å². The maximum atomic E-state index is 14.3. The molecule has 2 aliphatic rings. The third kappa shape index (κ3) is 2.33. The minimum atomic E-state index is -0.292. The summed E-state index contributed by atoms with van der Waals surface area (Å²) in [6.07, 6.45) is 2.35. The van der Waals surface area contributed by atoms with E-state index < -0.39 is 0 Å². The van der Waals surface area contributed by atoms with E-state index in [4.69, 9.17) is 11.6 Å². The molecule has 0 aromatic heterocycles. The van der Waals surface area contributed by atoms with Gasteiger partial charge in [-0.2, -0.15) is 0 Å². The van der Waals surface area contributed by atoms with Gasteiger partial charge in [0.25, 0.3) is 0 Å². The van der Waals surface area contributed by atoms with Crippen LogP contribution in [0, 0.1) is 10.7 Å². The van der Waals surface area contributed by atoms with Crippen LogP contribution in [0.5, 0.6) is 0 Å². The lowest BCUT2D eigenvalue weighted by molar-refractivity contribution is -0.543. The first kappa shape index (κ1) is 14.1. The molecule has 0 spiro atoms. The summed E-state index contributed by atoms with van der Waals surface area (Å²) in [7, 11) is 0. The highest BCUT2D eigenvalue weighted by Gasteiger charge is 2.35. The van der Waals surface area contributed by atoms with Crippen molar-refractivity contribution in [1.29, 1.82) is 0 Å². The van der Waals surface area contributed by atoms with Crippen LogP contribution < -0.4 is 4.90 Å². The van der Waals surface area contributed by atoms with E-state index >= 15 is 0 Å². The van der Waals surface area contributed by atoms with Crippen molar-refractivity contribution >= 4 is 28.7 Å². The molecule has 6 heteroatoms. The number of hydrogen-bond acceptors (Lipinski definition) is 2. The van der Waals surface area contributed by atoms with Crippen LogP contribution in [0.3, 0.4) is 0 Å². The van der Waals surface area contributed by atoms with Gasteiger partial charge in [-0.3, -0.25) is 4.90 Å². The van der Waals surface area contributed by atoms with E-state index in [0.717, 1.165) is 16.8 Å². The first-order chi connectivity index (χ1) is 11.1. The summed E-state index contributed by atoms with van der Waals surface area (Å²) in [5, 5.41) is 4.55. The smallest absolute Gasteiger partial charge is 0.261 e. The van der Waals surface area contributed by atoms with Crippen molar-refractivity contribution in [3.05, 3.63) is 75.4 Å². The fraction of sp³-hybridized carbons (Fsp3) is 0.118. The number of amidine groups is 1. The van der Waals surface area contributed by atoms with Gasteiger partial charge in [-0.05, 0) is 29.8 Å². The monoisotopic (exact) mass is 328 g/mol. The second-order valence-corrected chi connectivity index (χ2v) is 5.84. The summed E-state index contributed by atoms with van der Waals surface area (Å²) < 4.78 is 14.3. The first-order valence-electron chi connectivity index (χ1n) is 7.18. The first-order valence-corrected chi connectivity index (χ1v) is 7.56. The second-order valence-electron chi connectivity index (χ2n) is 5.40. The minimum absolute atomic E-state index is 0.127. The molecular weight excluding hydrogens is 317 g/mol. The van der Waals surface area contributed by atoms with Crippen LogP contribution in [0.2, 0.25) is 5.02 Å². The molecule has 0 bridgehead atoms. The Morgan fingerprint density at radius 2 is 2.00 bits per heavy atom. The Labute approximate surface area is 137 Å². The lowest BCUT2D eigenvalue weighted by atomic mass is 9.95. The van der Waals surface area contributed by atoms with Crippen LogP contribution in [0.4, 0.5) is 10.1 Å². The molecule has 0 aliphatic carbocycles. The molecular formula is C17H12ClFN3O+. The van der Waals surface area contributed by atoms with E-state index in [-0.39, 0.29) is 12.5 Å². The van der Waals surface area contributed by atoms with Crippen molar-refractivity contribution in [1.82, 2.24) is 0 Å². The van der Waals surface area contributed by atoms with Gasteiger partial charge in [0, 0.05) is 22.6 Å². The number of nitrogens with zero attached hydrogens (tertiary/aromatic N) is 3. The van der Waals surface area contributed by atoms with Crippen molar-refractivity contribution in [2.45, 2.75) is 6.42 Å². The van der Waals surface area contributed by atoms with Crippen molar-refractivity contribution < 1.29 is 9.26 Å². The van der Waals surface area contributed by atoms with E-state index in [1.54, 1.807) is 30.3 Å². The molecule has 2 aliphatic heterocycles. The van der Waals surface area contributed by atoms with Crippen LogP contribution >= 0.6 is 11.6 Å². The summed E-state index contributed by atoms with van der Waals surface area (Å²) in [6, 6.07) is 12.0. The number of halogens is 2. The lowest BCUT2D eigenvalue weighted by Crippen LogP contribution is -2.27. The molecule has 4 rings (SSSR count). The minimum Gasteiger partial charge on any atom is -0.261 e. The van der Waals surface area contributed by atoms with Crippen molar-refractivity contribution in [2.24, 2.45) is 5.10 Å². The van der Waals surface area contributed by atoms with Crippen LogP contribution in [-0.4, -0.2) is 17.4 Å². The van der Waals surface area contributed by atoms with Crippen LogP contribution in [0.25, 0.3) is 5.57 Å². The average molecular weight is 329 g/mol. The van der Waals surface area contributed by atoms with Gasteiger partial charge in [0.15, 0.2) is 10.7 Å². The third-order valence-corrected chi connectivity index (χ3v) is 4.23. The van der Waals surface area contributed by atoms with Crippen molar-refractivity contribution in [3.8, 4) is 0 Å². The van der Waals surface area contributed by atoms with Crippen molar-refractivity contribution in [3.63, 3.8) is 0 Å². The number of nitroso groups, excluding NO2 is 1.